The van der Waals surface area contributed by atoms with Gasteiger partial charge in [-0.05, 0) is 31.8 Å². The van der Waals surface area contributed by atoms with Crippen LogP contribution in [0.15, 0.2) is 30.3 Å². The number of aromatic nitrogens is 3. The van der Waals surface area contributed by atoms with Crippen LogP contribution in [-0.2, 0) is 0 Å². The predicted molar refractivity (Wildman–Crippen MR) is 82.2 cm³/mol. The van der Waals surface area contributed by atoms with E-state index in [0.717, 1.165) is 25.2 Å². The molecule has 1 unspecified atom stereocenters. The van der Waals surface area contributed by atoms with Crippen molar-refractivity contribution in [2.75, 3.05) is 19.6 Å². The first-order chi connectivity index (χ1) is 10.8. The summed E-state index contributed by atoms with van der Waals surface area (Å²) in [5.41, 5.74) is 0.903. The number of hydrogen-bond acceptors (Lipinski definition) is 4. The van der Waals surface area contributed by atoms with E-state index in [0.29, 0.717) is 11.7 Å². The summed E-state index contributed by atoms with van der Waals surface area (Å²) in [6.07, 6.45) is 2.35. The van der Waals surface area contributed by atoms with E-state index >= 15 is 0 Å². The molecule has 2 aromatic rings. The van der Waals surface area contributed by atoms with E-state index in [4.69, 9.17) is 0 Å². The molecule has 6 nitrogen and oxygen atoms in total. The van der Waals surface area contributed by atoms with Crippen LogP contribution in [0.2, 0.25) is 0 Å². The fraction of sp³-hybridized carbons (Fsp3) is 0.438. The largest absolute Gasteiger partial charge is 0.345 e. The summed E-state index contributed by atoms with van der Waals surface area (Å²) in [7, 11) is 0. The SMILES string of the molecule is O=C(NC1CN2CCC1CC2)c1nc(-c2ccccc2)n[nH]1. The van der Waals surface area contributed by atoms with E-state index in [1.54, 1.807) is 0 Å². The molecule has 22 heavy (non-hydrogen) atoms. The highest BCUT2D eigenvalue weighted by Gasteiger charge is 2.35. The first-order valence-electron chi connectivity index (χ1n) is 7.80. The third-order valence-electron chi connectivity index (χ3n) is 4.71. The molecule has 1 amide bonds. The summed E-state index contributed by atoms with van der Waals surface area (Å²) in [6.45, 7) is 3.28. The summed E-state index contributed by atoms with van der Waals surface area (Å²) in [4.78, 5) is 19.1. The molecule has 0 radical (unpaired) electrons. The van der Waals surface area contributed by atoms with Gasteiger partial charge in [0.15, 0.2) is 5.82 Å². The van der Waals surface area contributed by atoms with Crippen LogP contribution >= 0.6 is 0 Å². The van der Waals surface area contributed by atoms with Crippen molar-refractivity contribution in [2.24, 2.45) is 5.92 Å². The van der Waals surface area contributed by atoms with Crippen molar-refractivity contribution in [1.82, 2.24) is 25.4 Å². The van der Waals surface area contributed by atoms with Crippen molar-refractivity contribution in [2.45, 2.75) is 18.9 Å². The molecule has 5 rings (SSSR count). The van der Waals surface area contributed by atoms with E-state index in [1.165, 1.54) is 12.8 Å². The minimum absolute atomic E-state index is 0.159. The van der Waals surface area contributed by atoms with E-state index < -0.39 is 0 Å². The fourth-order valence-electron chi connectivity index (χ4n) is 3.45. The Morgan fingerprint density at radius 2 is 2.00 bits per heavy atom. The molecule has 3 fully saturated rings. The van der Waals surface area contributed by atoms with Gasteiger partial charge in [0.05, 0.1) is 0 Å². The van der Waals surface area contributed by atoms with E-state index in [2.05, 4.69) is 25.4 Å². The molecule has 4 heterocycles. The lowest BCUT2D eigenvalue weighted by Crippen LogP contribution is -2.57. The molecule has 0 saturated carbocycles. The van der Waals surface area contributed by atoms with Crippen LogP contribution in [0.1, 0.15) is 23.5 Å². The Hall–Kier alpha value is -2.21. The van der Waals surface area contributed by atoms with Gasteiger partial charge in [0.1, 0.15) is 0 Å². The van der Waals surface area contributed by atoms with Crippen LogP contribution in [0.5, 0.6) is 0 Å². The minimum atomic E-state index is -0.159. The number of carbonyl (C=O) groups is 1. The third kappa shape index (κ3) is 2.50. The maximum atomic E-state index is 12.4. The first kappa shape index (κ1) is 13.5. The molecular weight excluding hydrogens is 278 g/mol. The molecule has 0 spiro atoms. The highest BCUT2D eigenvalue weighted by Crippen LogP contribution is 2.27. The molecule has 3 aliphatic rings. The number of hydrogen-bond donors (Lipinski definition) is 2. The number of carbonyl (C=O) groups excluding carboxylic acids is 1. The fourth-order valence-corrected chi connectivity index (χ4v) is 3.45. The maximum absolute atomic E-state index is 12.4. The Morgan fingerprint density at radius 1 is 1.23 bits per heavy atom. The van der Waals surface area contributed by atoms with Crippen molar-refractivity contribution in [3.05, 3.63) is 36.2 Å². The topological polar surface area (TPSA) is 73.9 Å². The highest BCUT2D eigenvalue weighted by atomic mass is 16.2. The molecule has 3 aliphatic heterocycles. The Balaban J connectivity index is 1.46. The van der Waals surface area contributed by atoms with Crippen molar-refractivity contribution in [3.8, 4) is 11.4 Å². The molecule has 1 aromatic carbocycles. The number of rotatable bonds is 3. The average Bonchev–Trinajstić information content (AvgIpc) is 3.07. The number of aromatic amines is 1. The van der Waals surface area contributed by atoms with Gasteiger partial charge in [0, 0.05) is 18.2 Å². The minimum Gasteiger partial charge on any atom is -0.345 e. The molecule has 114 valence electrons. The van der Waals surface area contributed by atoms with Crippen molar-refractivity contribution < 1.29 is 4.79 Å². The average molecular weight is 297 g/mol. The van der Waals surface area contributed by atoms with Crippen molar-refractivity contribution >= 4 is 5.91 Å². The summed E-state index contributed by atoms with van der Waals surface area (Å²) in [5, 5.41) is 10.0. The number of nitrogens with one attached hydrogen (secondary N) is 2. The smallest absolute Gasteiger partial charge is 0.288 e. The van der Waals surface area contributed by atoms with Crippen LogP contribution in [0.3, 0.4) is 0 Å². The third-order valence-corrected chi connectivity index (χ3v) is 4.71. The van der Waals surface area contributed by atoms with Gasteiger partial charge in [-0.3, -0.25) is 9.89 Å². The molecule has 0 aliphatic carbocycles. The van der Waals surface area contributed by atoms with E-state index in [1.807, 2.05) is 30.3 Å². The standard InChI is InChI=1S/C16H19N5O/c22-16(17-13-10-21-8-6-11(13)7-9-21)15-18-14(19-20-15)12-4-2-1-3-5-12/h1-5,11,13H,6-10H2,(H,17,22)(H,18,19,20). The van der Waals surface area contributed by atoms with Crippen LogP contribution in [0, 0.1) is 5.92 Å². The molecule has 1 atom stereocenters. The number of nitrogens with zero attached hydrogens (tertiary/aromatic N) is 3. The molecule has 1 aromatic heterocycles. The molecule has 2 N–H and O–H groups in total. The number of amides is 1. The first-order valence-corrected chi connectivity index (χ1v) is 7.80. The Kier molecular flexibility index (Phi) is 3.38. The number of H-pyrrole nitrogens is 1. The molecule has 3 saturated heterocycles. The van der Waals surface area contributed by atoms with Gasteiger partial charge < -0.3 is 10.2 Å². The predicted octanol–water partition coefficient (Wildman–Crippen LogP) is 1.30. The molecule has 2 bridgehead atoms. The Bertz CT molecular complexity index is 660. The van der Waals surface area contributed by atoms with Gasteiger partial charge in [0.2, 0.25) is 5.82 Å². The van der Waals surface area contributed by atoms with Crippen LogP contribution < -0.4 is 5.32 Å². The van der Waals surface area contributed by atoms with Crippen LogP contribution in [0.4, 0.5) is 0 Å². The van der Waals surface area contributed by atoms with Gasteiger partial charge in [-0.1, -0.05) is 30.3 Å². The van der Waals surface area contributed by atoms with Gasteiger partial charge in [0.25, 0.3) is 5.91 Å². The van der Waals surface area contributed by atoms with E-state index in [9.17, 15) is 4.79 Å². The highest BCUT2D eigenvalue weighted by molar-refractivity contribution is 5.91. The second kappa shape index (κ2) is 5.53. The summed E-state index contributed by atoms with van der Waals surface area (Å²) >= 11 is 0. The quantitative estimate of drug-likeness (QED) is 0.895. The second-order valence-corrected chi connectivity index (χ2v) is 6.09. The second-order valence-electron chi connectivity index (χ2n) is 6.09. The van der Waals surface area contributed by atoms with Crippen LogP contribution in [0.25, 0.3) is 11.4 Å². The monoisotopic (exact) mass is 297 g/mol. The van der Waals surface area contributed by atoms with Crippen molar-refractivity contribution in [3.63, 3.8) is 0 Å². The van der Waals surface area contributed by atoms with Crippen molar-refractivity contribution in [1.29, 1.82) is 0 Å². The summed E-state index contributed by atoms with van der Waals surface area (Å²) < 4.78 is 0. The summed E-state index contributed by atoms with van der Waals surface area (Å²) in [6, 6.07) is 9.89. The lowest BCUT2D eigenvalue weighted by atomic mass is 9.84. The lowest BCUT2D eigenvalue weighted by molar-refractivity contribution is 0.0615. The lowest BCUT2D eigenvalue weighted by Gasteiger charge is -2.44. The Labute approximate surface area is 128 Å². The van der Waals surface area contributed by atoms with Gasteiger partial charge in [-0.25, -0.2) is 4.98 Å². The van der Waals surface area contributed by atoms with Gasteiger partial charge in [-0.2, -0.15) is 5.10 Å². The molecule has 6 heteroatoms. The maximum Gasteiger partial charge on any atom is 0.288 e. The normalized spacial score (nSPS) is 26.8. The van der Waals surface area contributed by atoms with Gasteiger partial charge in [-0.15, -0.1) is 0 Å². The Morgan fingerprint density at radius 3 is 2.68 bits per heavy atom. The molecular formula is C16H19N5O. The number of piperidine rings is 3. The van der Waals surface area contributed by atoms with E-state index in [-0.39, 0.29) is 17.8 Å². The van der Waals surface area contributed by atoms with Crippen LogP contribution in [-0.4, -0.2) is 51.7 Å². The zero-order valence-corrected chi connectivity index (χ0v) is 12.3. The van der Waals surface area contributed by atoms with Gasteiger partial charge >= 0.3 is 0 Å². The zero-order valence-electron chi connectivity index (χ0n) is 12.3. The summed E-state index contributed by atoms with van der Waals surface area (Å²) in [5.74, 6) is 1.29. The number of benzene rings is 1. The zero-order chi connectivity index (χ0) is 14.9. The number of fused-ring (bicyclic) bond motifs is 3.